The molecule has 6 nitrogen and oxygen atoms in total. The number of hydrogen-bond acceptors (Lipinski definition) is 3. The summed E-state index contributed by atoms with van der Waals surface area (Å²) in [7, 11) is 1.78. The lowest BCUT2D eigenvalue weighted by Crippen LogP contribution is -2.38. The summed E-state index contributed by atoms with van der Waals surface area (Å²) >= 11 is 0. The van der Waals surface area contributed by atoms with E-state index in [0.717, 1.165) is 30.6 Å². The highest BCUT2D eigenvalue weighted by atomic mass is 127. The van der Waals surface area contributed by atoms with Gasteiger partial charge in [-0.25, -0.2) is 0 Å². The van der Waals surface area contributed by atoms with Crippen LogP contribution in [0.3, 0.4) is 0 Å². The third-order valence-electron chi connectivity index (χ3n) is 4.23. The Morgan fingerprint density at radius 2 is 2.04 bits per heavy atom. The molecule has 0 amide bonds. The number of halogens is 1. The molecule has 1 unspecified atom stereocenters. The number of hydrogen-bond donors (Lipinski definition) is 2. The Hall–Kier alpha value is -1.64. The molecule has 7 heteroatoms. The number of aliphatic imine (C=N–C) groups is 1. The first kappa shape index (κ1) is 18.7. The lowest BCUT2D eigenvalue weighted by atomic mass is 10.1. The van der Waals surface area contributed by atoms with E-state index < -0.39 is 0 Å². The summed E-state index contributed by atoms with van der Waals surface area (Å²) in [6, 6.07) is 10.5. The van der Waals surface area contributed by atoms with E-state index >= 15 is 0 Å². The summed E-state index contributed by atoms with van der Waals surface area (Å²) < 4.78 is 2.23. The fraction of sp³-hybridized carbons (Fsp3) is 0.471. The Kier molecular flexibility index (Phi) is 7.01. The minimum Gasteiger partial charge on any atom is -0.350 e. The van der Waals surface area contributed by atoms with Gasteiger partial charge in [0, 0.05) is 20.0 Å². The molecular weight excluding hydrogens is 415 g/mol. The van der Waals surface area contributed by atoms with Crippen LogP contribution in [0.25, 0.3) is 0 Å². The zero-order valence-electron chi connectivity index (χ0n) is 14.2. The average molecular weight is 440 g/mol. The molecule has 3 rings (SSSR count). The fourth-order valence-corrected chi connectivity index (χ4v) is 2.89. The largest absolute Gasteiger partial charge is 0.350 e. The molecule has 1 aliphatic heterocycles. The van der Waals surface area contributed by atoms with Crippen molar-refractivity contribution >= 4 is 29.9 Å². The second kappa shape index (κ2) is 9.00. The maximum Gasteiger partial charge on any atom is 0.191 e. The van der Waals surface area contributed by atoms with Gasteiger partial charge in [0.15, 0.2) is 11.8 Å². The standard InChI is InChI=1S/C17H24N6.HI/c1-13(14-8-4-3-5-9-14)20-17(18-2)19-12-16-22-21-15-10-6-7-11-23(15)16;/h3-5,8-9,13H,6-7,10-12H2,1-2H3,(H2,18,19,20);1H. The molecule has 0 aliphatic carbocycles. The lowest BCUT2D eigenvalue weighted by Gasteiger charge is -2.19. The molecule has 1 aromatic heterocycles. The summed E-state index contributed by atoms with van der Waals surface area (Å²) in [6.07, 6.45) is 3.45. The first-order valence-corrected chi connectivity index (χ1v) is 8.21. The van der Waals surface area contributed by atoms with Crippen molar-refractivity contribution in [2.45, 2.75) is 45.3 Å². The van der Waals surface area contributed by atoms with Crippen LogP contribution >= 0.6 is 24.0 Å². The summed E-state index contributed by atoms with van der Waals surface area (Å²) in [6.45, 7) is 3.78. The normalized spacial score (nSPS) is 15.2. The van der Waals surface area contributed by atoms with Crippen LogP contribution in [-0.2, 0) is 19.5 Å². The van der Waals surface area contributed by atoms with Crippen molar-refractivity contribution in [2.75, 3.05) is 7.05 Å². The quantitative estimate of drug-likeness (QED) is 0.436. The molecule has 1 aromatic carbocycles. The van der Waals surface area contributed by atoms with Gasteiger partial charge in [-0.3, -0.25) is 4.99 Å². The van der Waals surface area contributed by atoms with Crippen LogP contribution in [0.1, 0.15) is 43.0 Å². The summed E-state index contributed by atoms with van der Waals surface area (Å²) in [4.78, 5) is 4.30. The van der Waals surface area contributed by atoms with Crippen LogP contribution in [0.4, 0.5) is 0 Å². The predicted molar refractivity (Wildman–Crippen MR) is 107 cm³/mol. The molecule has 2 N–H and O–H groups in total. The van der Waals surface area contributed by atoms with Crippen LogP contribution in [0.5, 0.6) is 0 Å². The van der Waals surface area contributed by atoms with E-state index in [-0.39, 0.29) is 30.0 Å². The van der Waals surface area contributed by atoms with Crippen LogP contribution in [0, 0.1) is 0 Å². The van der Waals surface area contributed by atoms with E-state index in [0.29, 0.717) is 6.54 Å². The van der Waals surface area contributed by atoms with Crippen molar-refractivity contribution in [3.05, 3.63) is 47.5 Å². The number of benzene rings is 1. The topological polar surface area (TPSA) is 67.1 Å². The number of nitrogens with one attached hydrogen (secondary N) is 2. The molecule has 0 saturated heterocycles. The minimum atomic E-state index is 0. The number of aromatic nitrogens is 3. The lowest BCUT2D eigenvalue weighted by molar-refractivity contribution is 0.504. The third kappa shape index (κ3) is 4.46. The SMILES string of the molecule is CN=C(NCc1nnc2n1CCCC2)NC(C)c1ccccc1.I. The van der Waals surface area contributed by atoms with Gasteiger partial charge < -0.3 is 15.2 Å². The van der Waals surface area contributed by atoms with Gasteiger partial charge in [-0.2, -0.15) is 0 Å². The number of fused-ring (bicyclic) bond motifs is 1. The molecule has 1 atom stereocenters. The first-order valence-electron chi connectivity index (χ1n) is 8.21. The molecule has 24 heavy (non-hydrogen) atoms. The van der Waals surface area contributed by atoms with Crippen molar-refractivity contribution < 1.29 is 0 Å². The zero-order chi connectivity index (χ0) is 16.1. The smallest absolute Gasteiger partial charge is 0.191 e. The minimum absolute atomic E-state index is 0. The summed E-state index contributed by atoms with van der Waals surface area (Å²) in [5, 5.41) is 15.3. The van der Waals surface area contributed by atoms with E-state index in [9.17, 15) is 0 Å². The fourth-order valence-electron chi connectivity index (χ4n) is 2.89. The van der Waals surface area contributed by atoms with Gasteiger partial charge in [0.2, 0.25) is 0 Å². The molecule has 0 saturated carbocycles. The van der Waals surface area contributed by atoms with E-state index in [1.165, 1.54) is 18.4 Å². The molecule has 0 radical (unpaired) electrons. The highest BCUT2D eigenvalue weighted by Gasteiger charge is 2.16. The number of aryl methyl sites for hydroxylation is 1. The summed E-state index contributed by atoms with van der Waals surface area (Å²) in [5.41, 5.74) is 1.23. The highest BCUT2D eigenvalue weighted by molar-refractivity contribution is 14.0. The number of nitrogens with zero attached hydrogens (tertiary/aromatic N) is 4. The van der Waals surface area contributed by atoms with Crippen molar-refractivity contribution in [3.63, 3.8) is 0 Å². The molecule has 0 fully saturated rings. The van der Waals surface area contributed by atoms with Gasteiger partial charge in [0.25, 0.3) is 0 Å². The highest BCUT2D eigenvalue weighted by Crippen LogP contribution is 2.14. The van der Waals surface area contributed by atoms with Gasteiger partial charge >= 0.3 is 0 Å². The molecule has 1 aliphatic rings. The Morgan fingerprint density at radius 1 is 1.25 bits per heavy atom. The van der Waals surface area contributed by atoms with E-state index in [4.69, 9.17) is 0 Å². The van der Waals surface area contributed by atoms with Crippen LogP contribution in [0.15, 0.2) is 35.3 Å². The van der Waals surface area contributed by atoms with E-state index in [1.54, 1.807) is 7.05 Å². The van der Waals surface area contributed by atoms with E-state index in [1.807, 2.05) is 18.2 Å². The van der Waals surface area contributed by atoms with Gasteiger partial charge in [-0.05, 0) is 25.3 Å². The zero-order valence-corrected chi connectivity index (χ0v) is 16.5. The molecular formula is C17H25IN6. The monoisotopic (exact) mass is 440 g/mol. The second-order valence-corrected chi connectivity index (χ2v) is 5.84. The Bertz CT molecular complexity index is 667. The first-order chi connectivity index (χ1) is 11.3. The summed E-state index contributed by atoms with van der Waals surface area (Å²) in [5.74, 6) is 2.86. The molecule has 2 heterocycles. The third-order valence-corrected chi connectivity index (χ3v) is 4.23. The molecule has 130 valence electrons. The maximum atomic E-state index is 4.31. The van der Waals surface area contributed by atoms with Crippen molar-refractivity contribution in [1.29, 1.82) is 0 Å². The van der Waals surface area contributed by atoms with Crippen LogP contribution in [0.2, 0.25) is 0 Å². The Balaban J connectivity index is 0.00000208. The number of guanidine groups is 1. The maximum absolute atomic E-state index is 4.31. The van der Waals surface area contributed by atoms with Crippen molar-refractivity contribution in [1.82, 2.24) is 25.4 Å². The molecule has 0 spiro atoms. The Morgan fingerprint density at radius 3 is 2.79 bits per heavy atom. The molecule has 0 bridgehead atoms. The van der Waals surface area contributed by atoms with Gasteiger partial charge in [0.1, 0.15) is 5.82 Å². The van der Waals surface area contributed by atoms with Crippen molar-refractivity contribution in [2.24, 2.45) is 4.99 Å². The Labute approximate surface area is 160 Å². The second-order valence-electron chi connectivity index (χ2n) is 5.84. The van der Waals surface area contributed by atoms with Crippen molar-refractivity contribution in [3.8, 4) is 0 Å². The van der Waals surface area contributed by atoms with Gasteiger partial charge in [0.05, 0.1) is 12.6 Å². The van der Waals surface area contributed by atoms with E-state index in [2.05, 4.69) is 49.4 Å². The number of rotatable bonds is 4. The van der Waals surface area contributed by atoms with Gasteiger partial charge in [-0.15, -0.1) is 34.2 Å². The average Bonchev–Trinajstić information content (AvgIpc) is 3.02. The van der Waals surface area contributed by atoms with Crippen LogP contribution in [-0.4, -0.2) is 27.8 Å². The van der Waals surface area contributed by atoms with Gasteiger partial charge in [-0.1, -0.05) is 30.3 Å². The molecule has 2 aromatic rings. The predicted octanol–water partition coefficient (Wildman–Crippen LogP) is 2.66. The van der Waals surface area contributed by atoms with Crippen LogP contribution < -0.4 is 10.6 Å².